The van der Waals surface area contributed by atoms with Crippen LogP contribution in [0.4, 0.5) is 14.5 Å². The van der Waals surface area contributed by atoms with Crippen LogP contribution in [0, 0.1) is 21.7 Å². The molecule has 5 nitrogen and oxygen atoms in total. The highest BCUT2D eigenvalue weighted by Gasteiger charge is 2.35. The smallest absolute Gasteiger partial charge is 0.309 e. The molecule has 120 valence electrons. The molecule has 1 aromatic heterocycles. The number of aromatic nitrogens is 1. The molecule has 1 aromatic carbocycles. The number of nitrogens with zero attached hydrogens (tertiary/aromatic N) is 2. The van der Waals surface area contributed by atoms with Gasteiger partial charge >= 0.3 is 5.69 Å². The molecule has 2 aromatic rings. The Morgan fingerprint density at radius 3 is 2.74 bits per heavy atom. The molecule has 2 heterocycles. The van der Waals surface area contributed by atoms with E-state index in [1.807, 2.05) is 0 Å². The first-order chi connectivity index (χ1) is 10.9. The summed E-state index contributed by atoms with van der Waals surface area (Å²) in [6.45, 7) is 0.474. The lowest BCUT2D eigenvalue weighted by Gasteiger charge is -2.06. The summed E-state index contributed by atoms with van der Waals surface area (Å²) in [6.07, 6.45) is 0.963. The van der Waals surface area contributed by atoms with E-state index in [1.54, 1.807) is 4.57 Å². The largest absolute Gasteiger partial charge is 0.335 e. The zero-order valence-corrected chi connectivity index (χ0v) is 12.6. The van der Waals surface area contributed by atoms with Gasteiger partial charge in [-0.1, -0.05) is 17.7 Å². The van der Waals surface area contributed by atoms with E-state index in [4.69, 9.17) is 11.6 Å². The molecule has 0 aliphatic carbocycles. The van der Waals surface area contributed by atoms with E-state index in [9.17, 15) is 23.7 Å². The predicted octanol–water partition coefficient (Wildman–Crippen LogP) is 3.70. The van der Waals surface area contributed by atoms with Crippen LogP contribution in [0.2, 0.25) is 5.02 Å². The standard InChI is InChI=1S/C15H11ClF2N2O3/c16-13-14(20(22)23)11-2-1-5-19(11)15(13)12(21)7-8-3-4-9(17)10(18)6-8/h3-4,6H,1-2,5,7H2. The summed E-state index contributed by atoms with van der Waals surface area (Å²) in [6, 6.07) is 3.17. The van der Waals surface area contributed by atoms with E-state index < -0.39 is 22.3 Å². The van der Waals surface area contributed by atoms with Gasteiger partial charge in [0, 0.05) is 13.0 Å². The summed E-state index contributed by atoms with van der Waals surface area (Å²) in [5.74, 6) is -2.51. The van der Waals surface area contributed by atoms with E-state index in [-0.39, 0.29) is 28.4 Å². The highest BCUT2D eigenvalue weighted by Crippen LogP contribution is 2.39. The number of nitro groups is 1. The molecular formula is C15H11ClF2N2O3. The number of ketones is 1. The Balaban J connectivity index is 1.98. The van der Waals surface area contributed by atoms with Crippen molar-refractivity contribution in [2.24, 2.45) is 0 Å². The lowest BCUT2D eigenvalue weighted by Crippen LogP contribution is -2.11. The van der Waals surface area contributed by atoms with Gasteiger partial charge in [0.2, 0.25) is 0 Å². The minimum atomic E-state index is -1.05. The van der Waals surface area contributed by atoms with Gasteiger partial charge < -0.3 is 4.57 Å². The van der Waals surface area contributed by atoms with Gasteiger partial charge in [-0.3, -0.25) is 14.9 Å². The molecular weight excluding hydrogens is 330 g/mol. The predicted molar refractivity (Wildman–Crippen MR) is 78.8 cm³/mol. The van der Waals surface area contributed by atoms with Crippen molar-refractivity contribution in [2.45, 2.75) is 25.8 Å². The maximum atomic E-state index is 13.2. The number of hydrogen-bond acceptors (Lipinski definition) is 3. The minimum Gasteiger partial charge on any atom is -0.335 e. The van der Waals surface area contributed by atoms with E-state index in [0.29, 0.717) is 25.1 Å². The number of fused-ring (bicyclic) bond motifs is 1. The fourth-order valence-corrected chi connectivity index (χ4v) is 3.29. The van der Waals surface area contributed by atoms with Crippen LogP contribution < -0.4 is 0 Å². The molecule has 1 aliphatic heterocycles. The number of Topliss-reactive ketones (excluding diaryl/α,β-unsaturated/α-hetero) is 1. The molecule has 0 N–H and O–H groups in total. The van der Waals surface area contributed by atoms with Crippen molar-refractivity contribution in [3.8, 4) is 0 Å². The number of halogens is 3. The third kappa shape index (κ3) is 2.61. The van der Waals surface area contributed by atoms with E-state index in [0.717, 1.165) is 12.1 Å². The van der Waals surface area contributed by atoms with Gasteiger partial charge in [0.1, 0.15) is 10.7 Å². The topological polar surface area (TPSA) is 65.1 Å². The second-order valence-corrected chi connectivity index (χ2v) is 5.70. The lowest BCUT2D eigenvalue weighted by atomic mass is 10.1. The van der Waals surface area contributed by atoms with Gasteiger partial charge in [-0.15, -0.1) is 0 Å². The third-order valence-electron chi connectivity index (χ3n) is 3.88. The molecule has 23 heavy (non-hydrogen) atoms. The van der Waals surface area contributed by atoms with Gasteiger partial charge in [0.05, 0.1) is 10.6 Å². The average Bonchev–Trinajstić information content (AvgIpc) is 3.01. The van der Waals surface area contributed by atoms with Crippen LogP contribution in [0.5, 0.6) is 0 Å². The summed E-state index contributed by atoms with van der Waals surface area (Å²) < 4.78 is 27.7. The molecule has 0 bridgehead atoms. The molecule has 0 atom stereocenters. The summed E-state index contributed by atoms with van der Waals surface area (Å²) in [5.41, 5.74) is 0.545. The summed E-state index contributed by atoms with van der Waals surface area (Å²) in [5, 5.41) is 11.0. The molecule has 0 saturated carbocycles. The third-order valence-corrected chi connectivity index (χ3v) is 4.23. The molecule has 0 unspecified atom stereocenters. The Morgan fingerprint density at radius 2 is 2.09 bits per heavy atom. The highest BCUT2D eigenvalue weighted by molar-refractivity contribution is 6.36. The Kier molecular flexibility index (Phi) is 3.89. The monoisotopic (exact) mass is 340 g/mol. The van der Waals surface area contributed by atoms with Gasteiger partial charge in [-0.25, -0.2) is 8.78 Å². The number of benzene rings is 1. The fraction of sp³-hybridized carbons (Fsp3) is 0.267. The summed E-state index contributed by atoms with van der Waals surface area (Å²) >= 11 is 6.04. The van der Waals surface area contributed by atoms with Crippen LogP contribution in [0.25, 0.3) is 0 Å². The molecule has 0 spiro atoms. The van der Waals surface area contributed by atoms with Gasteiger partial charge in [-0.05, 0) is 30.5 Å². The van der Waals surface area contributed by atoms with E-state index >= 15 is 0 Å². The van der Waals surface area contributed by atoms with Crippen molar-refractivity contribution in [2.75, 3.05) is 0 Å². The maximum absolute atomic E-state index is 13.2. The molecule has 0 radical (unpaired) electrons. The lowest BCUT2D eigenvalue weighted by molar-refractivity contribution is -0.385. The van der Waals surface area contributed by atoms with Gasteiger partial charge in [0.25, 0.3) is 0 Å². The number of hydrogen-bond donors (Lipinski definition) is 0. The SMILES string of the molecule is O=C(Cc1ccc(F)c(F)c1)c1c(Cl)c([N+](=O)[O-])c2n1CCC2. The van der Waals surface area contributed by atoms with Crippen LogP contribution in [0.1, 0.15) is 28.2 Å². The number of carbonyl (C=O) groups excluding carboxylic acids is 1. The zero-order valence-electron chi connectivity index (χ0n) is 11.8. The summed E-state index contributed by atoms with van der Waals surface area (Å²) in [4.78, 5) is 23.1. The van der Waals surface area contributed by atoms with E-state index in [2.05, 4.69) is 0 Å². The second kappa shape index (κ2) is 5.73. The first-order valence-electron chi connectivity index (χ1n) is 6.92. The Labute approximate surface area is 134 Å². The molecule has 1 aliphatic rings. The zero-order chi connectivity index (χ0) is 16.7. The first-order valence-corrected chi connectivity index (χ1v) is 7.30. The van der Waals surface area contributed by atoms with Crippen molar-refractivity contribution in [3.05, 3.63) is 61.9 Å². The first kappa shape index (κ1) is 15.6. The molecule has 0 fully saturated rings. The molecule has 8 heteroatoms. The average molecular weight is 341 g/mol. The fourth-order valence-electron chi connectivity index (χ4n) is 2.90. The van der Waals surface area contributed by atoms with Crippen LogP contribution in [0.3, 0.4) is 0 Å². The van der Waals surface area contributed by atoms with Crippen LogP contribution in [-0.2, 0) is 19.4 Å². The second-order valence-electron chi connectivity index (χ2n) is 5.32. The van der Waals surface area contributed by atoms with Crippen LogP contribution >= 0.6 is 11.6 Å². The molecule has 3 rings (SSSR count). The number of rotatable bonds is 4. The van der Waals surface area contributed by atoms with Crippen LogP contribution in [0.15, 0.2) is 18.2 Å². The van der Waals surface area contributed by atoms with Gasteiger partial charge in [0.15, 0.2) is 17.4 Å². The minimum absolute atomic E-state index is 0.0654. The van der Waals surface area contributed by atoms with Crippen LogP contribution in [-0.4, -0.2) is 15.3 Å². The molecule has 0 amide bonds. The van der Waals surface area contributed by atoms with E-state index in [1.165, 1.54) is 6.07 Å². The Hall–Kier alpha value is -2.28. The Bertz CT molecular complexity index is 833. The van der Waals surface area contributed by atoms with Crippen molar-refractivity contribution in [1.29, 1.82) is 0 Å². The van der Waals surface area contributed by atoms with Crippen molar-refractivity contribution in [3.63, 3.8) is 0 Å². The molecule has 0 saturated heterocycles. The quantitative estimate of drug-likeness (QED) is 0.484. The van der Waals surface area contributed by atoms with Crippen molar-refractivity contribution >= 4 is 23.1 Å². The normalized spacial score (nSPS) is 13.2. The summed E-state index contributed by atoms with van der Waals surface area (Å²) in [7, 11) is 0. The van der Waals surface area contributed by atoms with Gasteiger partial charge in [-0.2, -0.15) is 0 Å². The maximum Gasteiger partial charge on any atom is 0.309 e. The van der Waals surface area contributed by atoms with Crippen molar-refractivity contribution in [1.82, 2.24) is 4.57 Å². The highest BCUT2D eigenvalue weighted by atomic mass is 35.5. The van der Waals surface area contributed by atoms with Crippen molar-refractivity contribution < 1.29 is 18.5 Å². The number of carbonyl (C=O) groups is 1. The Morgan fingerprint density at radius 1 is 1.35 bits per heavy atom.